The lowest BCUT2D eigenvalue weighted by Gasteiger charge is -2.46. The Balaban J connectivity index is 1.59. The predicted molar refractivity (Wildman–Crippen MR) is 73.9 cm³/mol. The second-order valence-corrected chi connectivity index (χ2v) is 6.65. The molecule has 112 valence electrons. The highest BCUT2D eigenvalue weighted by Crippen LogP contribution is 2.49. The summed E-state index contributed by atoms with van der Waals surface area (Å²) in [5, 5.41) is 20.8. The fraction of sp³-hybridized carbons (Fsp3) is 0.625. The molecule has 1 saturated heterocycles. The number of ether oxygens (including phenoxy) is 2. The van der Waals surface area contributed by atoms with Gasteiger partial charge in [-0.15, -0.1) is 0 Å². The zero-order valence-corrected chi connectivity index (χ0v) is 11.8. The van der Waals surface area contributed by atoms with Crippen molar-refractivity contribution in [3.05, 3.63) is 34.3 Å². The van der Waals surface area contributed by atoms with Crippen molar-refractivity contribution in [2.45, 2.75) is 37.5 Å². The minimum atomic E-state index is -0.746. The van der Waals surface area contributed by atoms with Crippen LogP contribution in [0, 0.1) is 5.92 Å². The molecule has 0 bridgehead atoms. The molecule has 0 aromatic carbocycles. The van der Waals surface area contributed by atoms with Crippen LogP contribution >= 0.6 is 0 Å². The molecule has 0 radical (unpaired) electrons. The van der Waals surface area contributed by atoms with Gasteiger partial charge in [-0.3, -0.25) is 4.90 Å². The van der Waals surface area contributed by atoms with Gasteiger partial charge in [-0.05, 0) is 12.0 Å². The lowest BCUT2D eigenvalue weighted by molar-refractivity contribution is -0.0151. The first-order chi connectivity index (χ1) is 10.2. The lowest BCUT2D eigenvalue weighted by atomic mass is 9.70. The van der Waals surface area contributed by atoms with Gasteiger partial charge in [-0.2, -0.15) is 0 Å². The van der Waals surface area contributed by atoms with Crippen LogP contribution in [0.25, 0.3) is 0 Å². The maximum absolute atomic E-state index is 10.6. The number of rotatable bonds is 0. The normalized spacial score (nSPS) is 41.1. The SMILES string of the molecule is O[C@@H]1[C@@H](O)C=C2CCN3CC4=C(CC5=C(C4)OCO5)[C@H]1C23. The highest BCUT2D eigenvalue weighted by Gasteiger charge is 2.50. The number of allylic oxidation sites excluding steroid dienone is 2. The number of aliphatic hydroxyl groups excluding tert-OH is 2. The van der Waals surface area contributed by atoms with Crippen molar-refractivity contribution >= 4 is 0 Å². The molecule has 2 aliphatic carbocycles. The van der Waals surface area contributed by atoms with E-state index in [0.29, 0.717) is 6.79 Å². The van der Waals surface area contributed by atoms with Crippen LogP contribution in [-0.4, -0.2) is 53.2 Å². The van der Waals surface area contributed by atoms with Gasteiger partial charge in [0.1, 0.15) is 11.5 Å². The van der Waals surface area contributed by atoms with Gasteiger partial charge in [0.2, 0.25) is 6.79 Å². The number of hydrogen-bond donors (Lipinski definition) is 2. The molecule has 1 fully saturated rings. The standard InChI is InChI=1S/C16H19NO4/c18-11-3-8-1-2-17-6-9-4-12-13(21-7-20-12)5-10(9)14(15(8)17)16(11)19/h3,11,14-16,18-19H,1-2,4-7H2/t11-,14-,15?,16+/m0/s1. The summed E-state index contributed by atoms with van der Waals surface area (Å²) in [6.07, 6.45) is 2.95. The third kappa shape index (κ3) is 1.57. The van der Waals surface area contributed by atoms with Crippen molar-refractivity contribution in [2.24, 2.45) is 5.92 Å². The van der Waals surface area contributed by atoms with E-state index in [-0.39, 0.29) is 12.0 Å². The molecule has 1 unspecified atom stereocenters. The van der Waals surface area contributed by atoms with Crippen molar-refractivity contribution in [1.82, 2.24) is 4.90 Å². The monoisotopic (exact) mass is 289 g/mol. The summed E-state index contributed by atoms with van der Waals surface area (Å²) in [6.45, 7) is 2.29. The molecule has 5 heteroatoms. The molecule has 0 spiro atoms. The number of fused-ring (bicyclic) bond motifs is 1. The van der Waals surface area contributed by atoms with Crippen molar-refractivity contribution in [1.29, 1.82) is 0 Å². The van der Waals surface area contributed by atoms with Crippen LogP contribution < -0.4 is 0 Å². The molecular weight excluding hydrogens is 270 g/mol. The molecule has 21 heavy (non-hydrogen) atoms. The fourth-order valence-corrected chi connectivity index (χ4v) is 4.72. The molecule has 3 heterocycles. The summed E-state index contributed by atoms with van der Waals surface area (Å²) in [5.74, 6) is 1.90. The van der Waals surface area contributed by atoms with Gasteiger partial charge in [0.05, 0.1) is 12.2 Å². The van der Waals surface area contributed by atoms with E-state index in [2.05, 4.69) is 4.90 Å². The zero-order valence-electron chi connectivity index (χ0n) is 11.8. The van der Waals surface area contributed by atoms with Gasteiger partial charge in [0.25, 0.3) is 0 Å². The Morgan fingerprint density at radius 2 is 1.95 bits per heavy atom. The summed E-state index contributed by atoms with van der Waals surface area (Å²) < 4.78 is 11.1. The summed E-state index contributed by atoms with van der Waals surface area (Å²) in [4.78, 5) is 2.45. The molecular formula is C16H19NO4. The van der Waals surface area contributed by atoms with Crippen LogP contribution in [-0.2, 0) is 9.47 Å². The Hall–Kier alpha value is -1.30. The van der Waals surface area contributed by atoms with E-state index in [1.54, 1.807) is 0 Å². The van der Waals surface area contributed by atoms with E-state index in [1.807, 2.05) is 6.08 Å². The van der Waals surface area contributed by atoms with Gasteiger partial charge in [0, 0.05) is 37.9 Å². The van der Waals surface area contributed by atoms with Gasteiger partial charge in [-0.25, -0.2) is 0 Å². The first-order valence-electron chi connectivity index (χ1n) is 7.71. The number of hydrogen-bond acceptors (Lipinski definition) is 5. The van der Waals surface area contributed by atoms with Crippen molar-refractivity contribution in [2.75, 3.05) is 19.9 Å². The van der Waals surface area contributed by atoms with Crippen molar-refractivity contribution in [3.63, 3.8) is 0 Å². The van der Waals surface area contributed by atoms with Gasteiger partial charge in [0.15, 0.2) is 0 Å². The van der Waals surface area contributed by atoms with Crippen LogP contribution in [0.1, 0.15) is 19.3 Å². The van der Waals surface area contributed by atoms with Crippen LogP contribution in [0.15, 0.2) is 34.3 Å². The Labute approximate surface area is 123 Å². The van der Waals surface area contributed by atoms with E-state index in [1.165, 1.54) is 16.7 Å². The fourth-order valence-electron chi connectivity index (χ4n) is 4.72. The smallest absolute Gasteiger partial charge is 0.230 e. The van der Waals surface area contributed by atoms with E-state index < -0.39 is 12.2 Å². The van der Waals surface area contributed by atoms with Crippen molar-refractivity contribution in [3.8, 4) is 0 Å². The molecule has 0 aromatic heterocycles. The second-order valence-electron chi connectivity index (χ2n) is 6.65. The summed E-state index contributed by atoms with van der Waals surface area (Å²) in [7, 11) is 0. The van der Waals surface area contributed by atoms with Gasteiger partial charge >= 0.3 is 0 Å². The zero-order chi connectivity index (χ0) is 14.1. The number of aliphatic hydroxyl groups is 2. The highest BCUT2D eigenvalue weighted by molar-refractivity contribution is 5.42. The topological polar surface area (TPSA) is 62.2 Å². The Morgan fingerprint density at radius 3 is 2.81 bits per heavy atom. The predicted octanol–water partition coefficient (Wildman–Crippen LogP) is 0.659. The molecule has 0 aromatic rings. The van der Waals surface area contributed by atoms with Gasteiger partial charge < -0.3 is 19.7 Å². The number of nitrogens with zero attached hydrogens (tertiary/aromatic N) is 1. The maximum atomic E-state index is 10.6. The Morgan fingerprint density at radius 1 is 1.14 bits per heavy atom. The molecule has 3 aliphatic heterocycles. The molecule has 5 aliphatic rings. The largest absolute Gasteiger partial charge is 0.458 e. The van der Waals surface area contributed by atoms with Crippen LogP contribution in [0.3, 0.4) is 0 Å². The third-order valence-electron chi connectivity index (χ3n) is 5.66. The molecule has 5 rings (SSSR count). The van der Waals surface area contributed by atoms with E-state index >= 15 is 0 Å². The van der Waals surface area contributed by atoms with E-state index in [0.717, 1.165) is 43.9 Å². The molecule has 4 atom stereocenters. The minimum Gasteiger partial charge on any atom is -0.458 e. The molecule has 2 N–H and O–H groups in total. The van der Waals surface area contributed by atoms with Gasteiger partial charge in [-0.1, -0.05) is 17.2 Å². The molecule has 0 amide bonds. The third-order valence-corrected chi connectivity index (χ3v) is 5.66. The average molecular weight is 289 g/mol. The quantitative estimate of drug-likeness (QED) is 0.642. The summed E-state index contributed by atoms with van der Waals surface area (Å²) >= 11 is 0. The molecule has 0 saturated carbocycles. The maximum Gasteiger partial charge on any atom is 0.230 e. The Kier molecular flexibility index (Phi) is 2.41. The minimum absolute atomic E-state index is 0.00417. The summed E-state index contributed by atoms with van der Waals surface area (Å²) in [6, 6.07) is 0.270. The Bertz CT molecular complexity index is 605. The van der Waals surface area contributed by atoms with E-state index in [4.69, 9.17) is 9.47 Å². The lowest BCUT2D eigenvalue weighted by Crippen LogP contribution is -2.53. The first kappa shape index (κ1) is 12.3. The highest BCUT2D eigenvalue weighted by atomic mass is 16.7. The summed E-state index contributed by atoms with van der Waals surface area (Å²) in [5.41, 5.74) is 3.93. The van der Waals surface area contributed by atoms with Crippen molar-refractivity contribution < 1.29 is 19.7 Å². The first-order valence-corrected chi connectivity index (χ1v) is 7.71. The average Bonchev–Trinajstić information content (AvgIpc) is 3.08. The molecule has 5 nitrogen and oxygen atoms in total. The van der Waals surface area contributed by atoms with E-state index in [9.17, 15) is 10.2 Å². The second kappa shape index (κ2) is 4.12. The van der Waals surface area contributed by atoms with Crippen LogP contribution in [0.4, 0.5) is 0 Å². The van der Waals surface area contributed by atoms with Crippen LogP contribution in [0.5, 0.6) is 0 Å². The van der Waals surface area contributed by atoms with Crippen LogP contribution in [0.2, 0.25) is 0 Å².